The Bertz CT molecular complexity index is 459. The smallest absolute Gasteiger partial charge is 0.270 e. The van der Waals surface area contributed by atoms with E-state index in [4.69, 9.17) is 4.74 Å². The number of ether oxygens (including phenoxy) is 1. The number of hydrogen-bond acceptors (Lipinski definition) is 4. The Morgan fingerprint density at radius 1 is 1.50 bits per heavy atom. The average Bonchev–Trinajstić information content (AvgIpc) is 2.28. The number of benzene rings is 1. The lowest BCUT2D eigenvalue weighted by Crippen LogP contribution is -2.35. The van der Waals surface area contributed by atoms with Crippen LogP contribution < -0.4 is 5.32 Å². The first-order valence-corrected chi connectivity index (χ1v) is 5.50. The first kappa shape index (κ1) is 14.1. The lowest BCUT2D eigenvalue weighted by Gasteiger charge is -2.12. The molecule has 0 saturated carbocycles. The number of methoxy groups -OCH3 is 1. The van der Waals surface area contributed by atoms with Crippen LogP contribution in [0.15, 0.2) is 18.2 Å². The molecule has 0 heterocycles. The van der Waals surface area contributed by atoms with Gasteiger partial charge in [-0.1, -0.05) is 0 Å². The lowest BCUT2D eigenvalue weighted by molar-refractivity contribution is -0.384. The van der Waals surface area contributed by atoms with Crippen molar-refractivity contribution in [3.63, 3.8) is 0 Å². The summed E-state index contributed by atoms with van der Waals surface area (Å²) in [4.78, 5) is 22.1. The third-order valence-corrected chi connectivity index (χ3v) is 2.33. The summed E-state index contributed by atoms with van der Waals surface area (Å²) in [5.41, 5.74) is 0.873. The van der Waals surface area contributed by atoms with E-state index in [1.54, 1.807) is 27.0 Å². The molecule has 0 aliphatic carbocycles. The van der Waals surface area contributed by atoms with Crippen LogP contribution in [0.25, 0.3) is 0 Å². The Morgan fingerprint density at radius 2 is 2.17 bits per heavy atom. The molecule has 0 spiro atoms. The third-order valence-electron chi connectivity index (χ3n) is 2.33. The van der Waals surface area contributed by atoms with E-state index in [1.807, 2.05) is 0 Å². The monoisotopic (exact) mass is 252 g/mol. The molecule has 1 unspecified atom stereocenters. The lowest BCUT2D eigenvalue weighted by atomic mass is 10.1. The van der Waals surface area contributed by atoms with Gasteiger partial charge < -0.3 is 10.1 Å². The Labute approximate surface area is 105 Å². The van der Waals surface area contributed by atoms with Crippen LogP contribution in [0.5, 0.6) is 0 Å². The molecular weight excluding hydrogens is 236 g/mol. The van der Waals surface area contributed by atoms with Gasteiger partial charge in [-0.25, -0.2) is 0 Å². The first-order chi connectivity index (χ1) is 8.43. The Morgan fingerprint density at radius 3 is 2.72 bits per heavy atom. The van der Waals surface area contributed by atoms with Crippen LogP contribution in [0.3, 0.4) is 0 Å². The number of nitrogens with zero attached hydrogens (tertiary/aromatic N) is 1. The van der Waals surface area contributed by atoms with Gasteiger partial charge in [0.2, 0.25) is 0 Å². The number of non-ortho nitro benzene ring substituents is 1. The summed E-state index contributed by atoms with van der Waals surface area (Å²) in [6.45, 7) is 3.90. The second kappa shape index (κ2) is 6.11. The molecule has 1 N–H and O–H groups in total. The quantitative estimate of drug-likeness (QED) is 0.638. The standard InChI is InChI=1S/C12H16N2O4/c1-8-4-10(6-11(5-8)14(16)17)12(15)13-9(2)7-18-3/h4-6,9H,7H2,1-3H3,(H,13,15). The number of nitro benzene ring substituents is 1. The molecule has 6 nitrogen and oxygen atoms in total. The minimum absolute atomic E-state index is 0.0838. The zero-order valence-corrected chi connectivity index (χ0v) is 10.6. The van der Waals surface area contributed by atoms with Gasteiger partial charge in [-0.2, -0.15) is 0 Å². The number of rotatable bonds is 5. The summed E-state index contributed by atoms with van der Waals surface area (Å²) >= 11 is 0. The number of carbonyl (C=O) groups excluding carboxylic acids is 1. The van der Waals surface area contributed by atoms with Crippen LogP contribution in [-0.2, 0) is 4.74 Å². The molecule has 0 radical (unpaired) electrons. The molecule has 1 aromatic rings. The average molecular weight is 252 g/mol. The first-order valence-electron chi connectivity index (χ1n) is 5.50. The summed E-state index contributed by atoms with van der Waals surface area (Å²) in [7, 11) is 1.54. The second-order valence-electron chi connectivity index (χ2n) is 4.14. The van der Waals surface area contributed by atoms with Gasteiger partial charge in [-0.15, -0.1) is 0 Å². The van der Waals surface area contributed by atoms with Gasteiger partial charge in [0.25, 0.3) is 11.6 Å². The van der Waals surface area contributed by atoms with Crippen molar-refractivity contribution in [3.05, 3.63) is 39.4 Å². The van der Waals surface area contributed by atoms with E-state index < -0.39 is 4.92 Å². The summed E-state index contributed by atoms with van der Waals surface area (Å²) in [6, 6.07) is 4.15. The van der Waals surface area contributed by atoms with Crippen molar-refractivity contribution in [3.8, 4) is 0 Å². The maximum absolute atomic E-state index is 11.9. The second-order valence-corrected chi connectivity index (χ2v) is 4.14. The van der Waals surface area contributed by atoms with E-state index >= 15 is 0 Å². The maximum Gasteiger partial charge on any atom is 0.270 e. The van der Waals surface area contributed by atoms with Gasteiger partial charge in [0.15, 0.2) is 0 Å². The predicted molar refractivity (Wildman–Crippen MR) is 66.6 cm³/mol. The SMILES string of the molecule is COCC(C)NC(=O)c1cc(C)cc([N+](=O)[O-])c1. The van der Waals surface area contributed by atoms with Gasteiger partial charge in [-0.3, -0.25) is 14.9 Å². The van der Waals surface area contributed by atoms with Crippen LogP contribution in [0, 0.1) is 17.0 Å². The van der Waals surface area contributed by atoms with Crippen molar-refractivity contribution in [1.29, 1.82) is 0 Å². The largest absolute Gasteiger partial charge is 0.383 e. The third kappa shape index (κ3) is 3.81. The molecule has 0 saturated heterocycles. The molecular formula is C12H16N2O4. The van der Waals surface area contributed by atoms with Crippen LogP contribution in [-0.4, -0.2) is 30.6 Å². The number of carbonyl (C=O) groups is 1. The van der Waals surface area contributed by atoms with E-state index in [2.05, 4.69) is 5.32 Å². The summed E-state index contributed by atoms with van der Waals surface area (Å²) in [6.07, 6.45) is 0. The molecule has 18 heavy (non-hydrogen) atoms. The van der Waals surface area contributed by atoms with E-state index in [1.165, 1.54) is 12.1 Å². The summed E-state index contributed by atoms with van der Waals surface area (Å²) in [5, 5.41) is 13.4. The highest BCUT2D eigenvalue weighted by molar-refractivity contribution is 5.95. The number of nitro groups is 1. The number of amides is 1. The molecule has 1 amide bonds. The Balaban J connectivity index is 2.88. The van der Waals surface area contributed by atoms with Gasteiger partial charge in [0, 0.05) is 30.8 Å². The van der Waals surface area contributed by atoms with Gasteiger partial charge in [0.1, 0.15) is 0 Å². The fraction of sp³-hybridized carbons (Fsp3) is 0.417. The van der Waals surface area contributed by atoms with E-state index in [0.717, 1.165) is 0 Å². The van der Waals surface area contributed by atoms with Crippen LogP contribution in [0.2, 0.25) is 0 Å². The van der Waals surface area contributed by atoms with Crippen molar-refractivity contribution >= 4 is 11.6 Å². The molecule has 0 fully saturated rings. The Kier molecular flexibility index (Phi) is 4.79. The van der Waals surface area contributed by atoms with Crippen molar-refractivity contribution in [2.45, 2.75) is 19.9 Å². The fourth-order valence-electron chi connectivity index (χ4n) is 1.60. The van der Waals surface area contributed by atoms with Crippen molar-refractivity contribution in [2.75, 3.05) is 13.7 Å². The van der Waals surface area contributed by atoms with Gasteiger partial charge in [0.05, 0.1) is 11.5 Å². The highest BCUT2D eigenvalue weighted by Crippen LogP contribution is 2.16. The van der Waals surface area contributed by atoms with Crippen LogP contribution >= 0.6 is 0 Å². The number of nitrogens with one attached hydrogen (secondary N) is 1. The zero-order valence-electron chi connectivity index (χ0n) is 10.6. The van der Waals surface area contributed by atoms with E-state index in [-0.39, 0.29) is 23.2 Å². The minimum Gasteiger partial charge on any atom is -0.383 e. The van der Waals surface area contributed by atoms with E-state index in [9.17, 15) is 14.9 Å². The molecule has 0 aliphatic heterocycles. The maximum atomic E-state index is 11.9. The molecule has 1 rings (SSSR count). The molecule has 0 aromatic heterocycles. The van der Waals surface area contributed by atoms with Gasteiger partial charge in [-0.05, 0) is 25.5 Å². The van der Waals surface area contributed by atoms with Crippen molar-refractivity contribution < 1.29 is 14.5 Å². The minimum atomic E-state index is -0.512. The molecule has 6 heteroatoms. The van der Waals surface area contributed by atoms with Gasteiger partial charge >= 0.3 is 0 Å². The summed E-state index contributed by atoms with van der Waals surface area (Å²) in [5.74, 6) is -0.341. The number of aryl methyl sites for hydroxylation is 1. The topological polar surface area (TPSA) is 81.5 Å². The normalized spacial score (nSPS) is 11.9. The van der Waals surface area contributed by atoms with E-state index in [0.29, 0.717) is 12.2 Å². The van der Waals surface area contributed by atoms with Crippen molar-refractivity contribution in [1.82, 2.24) is 5.32 Å². The molecule has 1 atom stereocenters. The Hall–Kier alpha value is -1.95. The molecule has 1 aromatic carbocycles. The molecule has 98 valence electrons. The highest BCUT2D eigenvalue weighted by atomic mass is 16.6. The zero-order chi connectivity index (χ0) is 13.7. The van der Waals surface area contributed by atoms with Crippen molar-refractivity contribution in [2.24, 2.45) is 0 Å². The highest BCUT2D eigenvalue weighted by Gasteiger charge is 2.14. The molecule has 0 aliphatic rings. The predicted octanol–water partition coefficient (Wildman–Crippen LogP) is 1.67. The van der Waals surface area contributed by atoms with Crippen LogP contribution in [0.1, 0.15) is 22.8 Å². The molecule has 0 bridgehead atoms. The number of hydrogen-bond donors (Lipinski definition) is 1. The summed E-state index contributed by atoms with van der Waals surface area (Å²) < 4.78 is 4.90. The fourth-order valence-corrected chi connectivity index (χ4v) is 1.60. The van der Waals surface area contributed by atoms with Crippen LogP contribution in [0.4, 0.5) is 5.69 Å².